The minimum Gasteiger partial charge on any atom is -0.368 e. The second-order valence-corrected chi connectivity index (χ2v) is 6.16. The van der Waals surface area contributed by atoms with Crippen molar-refractivity contribution in [3.05, 3.63) is 84.2 Å². The smallest absolute Gasteiger partial charge is 0.276 e. The van der Waals surface area contributed by atoms with Crippen molar-refractivity contribution >= 4 is 28.3 Å². The molecule has 0 atom stereocenters. The number of para-hydroxylation sites is 2. The maximum atomic E-state index is 12.2. The van der Waals surface area contributed by atoms with Gasteiger partial charge in [-0.25, -0.2) is 0 Å². The van der Waals surface area contributed by atoms with Gasteiger partial charge in [0.05, 0.1) is 0 Å². The molecule has 0 aliphatic heterocycles. The molecule has 1 amide bonds. The molecule has 27 heavy (non-hydrogen) atoms. The van der Waals surface area contributed by atoms with Crippen LogP contribution < -0.4 is 10.6 Å². The van der Waals surface area contributed by atoms with Gasteiger partial charge in [0.25, 0.3) is 5.91 Å². The van der Waals surface area contributed by atoms with Crippen LogP contribution in [-0.2, 0) is 6.42 Å². The van der Waals surface area contributed by atoms with E-state index in [0.29, 0.717) is 5.82 Å². The lowest BCUT2D eigenvalue weighted by molar-refractivity contribution is 0.102. The van der Waals surface area contributed by atoms with E-state index in [1.54, 1.807) is 12.1 Å². The molecular formula is C21H19N5O. The summed E-state index contributed by atoms with van der Waals surface area (Å²) < 4.78 is 0. The third-order valence-electron chi connectivity index (χ3n) is 4.30. The number of benzene rings is 2. The van der Waals surface area contributed by atoms with Gasteiger partial charge in [-0.1, -0.05) is 36.4 Å². The number of H-pyrrole nitrogens is 1. The highest BCUT2D eigenvalue weighted by molar-refractivity contribution is 6.02. The van der Waals surface area contributed by atoms with Crippen LogP contribution in [0.5, 0.6) is 0 Å². The quantitative estimate of drug-likeness (QED) is 0.489. The fraction of sp³-hybridized carbons (Fsp3) is 0.0952. The van der Waals surface area contributed by atoms with Gasteiger partial charge in [-0.2, -0.15) is 0 Å². The number of nitrogens with zero attached hydrogens (tertiary/aromatic N) is 2. The van der Waals surface area contributed by atoms with Crippen LogP contribution >= 0.6 is 0 Å². The Hall–Kier alpha value is -3.67. The summed E-state index contributed by atoms with van der Waals surface area (Å²) in [5.41, 5.74) is 3.40. The number of amides is 1. The van der Waals surface area contributed by atoms with Gasteiger partial charge in [-0.3, -0.25) is 4.79 Å². The van der Waals surface area contributed by atoms with Gasteiger partial charge in [0, 0.05) is 29.3 Å². The second kappa shape index (κ2) is 7.70. The number of anilines is 2. The first kappa shape index (κ1) is 16.8. The lowest BCUT2D eigenvalue weighted by Crippen LogP contribution is -2.15. The van der Waals surface area contributed by atoms with Gasteiger partial charge in [0.1, 0.15) is 5.82 Å². The summed E-state index contributed by atoms with van der Waals surface area (Å²) in [7, 11) is 0. The minimum absolute atomic E-state index is 0.279. The van der Waals surface area contributed by atoms with Crippen LogP contribution in [-0.4, -0.2) is 27.6 Å². The van der Waals surface area contributed by atoms with Gasteiger partial charge in [0.15, 0.2) is 5.69 Å². The number of fused-ring (bicyclic) bond motifs is 1. The minimum atomic E-state index is -0.279. The van der Waals surface area contributed by atoms with Gasteiger partial charge >= 0.3 is 0 Å². The van der Waals surface area contributed by atoms with Crippen LogP contribution in [0.3, 0.4) is 0 Å². The zero-order chi connectivity index (χ0) is 18.5. The Morgan fingerprint density at radius 1 is 0.926 bits per heavy atom. The summed E-state index contributed by atoms with van der Waals surface area (Å²) in [6, 6.07) is 20.9. The summed E-state index contributed by atoms with van der Waals surface area (Å²) in [6.07, 6.45) is 2.90. The summed E-state index contributed by atoms with van der Waals surface area (Å²) in [4.78, 5) is 15.5. The van der Waals surface area contributed by atoms with Gasteiger partial charge in [0.2, 0.25) is 0 Å². The number of hydrogen-bond donors (Lipinski definition) is 3. The SMILES string of the molecule is O=C(Nc1ccccc1)c1ccc(NCCc2c[nH]c3ccccc23)nn1. The Labute approximate surface area is 156 Å². The molecule has 0 saturated carbocycles. The van der Waals surface area contributed by atoms with Crippen molar-refractivity contribution in [1.29, 1.82) is 0 Å². The van der Waals surface area contributed by atoms with Crippen LogP contribution in [0.2, 0.25) is 0 Å². The molecular weight excluding hydrogens is 338 g/mol. The van der Waals surface area contributed by atoms with E-state index in [2.05, 4.69) is 37.9 Å². The van der Waals surface area contributed by atoms with Crippen LogP contribution in [0, 0.1) is 0 Å². The Balaban J connectivity index is 1.33. The molecule has 2 aromatic heterocycles. The predicted molar refractivity (Wildman–Crippen MR) is 107 cm³/mol. The molecule has 0 saturated heterocycles. The number of hydrogen-bond acceptors (Lipinski definition) is 4. The average molecular weight is 357 g/mol. The predicted octanol–water partition coefficient (Wildman–Crippen LogP) is 3.86. The van der Waals surface area contributed by atoms with Crippen molar-refractivity contribution in [2.45, 2.75) is 6.42 Å². The van der Waals surface area contributed by atoms with Crippen LogP contribution in [0.15, 0.2) is 72.9 Å². The van der Waals surface area contributed by atoms with Crippen molar-refractivity contribution in [3.8, 4) is 0 Å². The molecule has 2 heterocycles. The first-order valence-electron chi connectivity index (χ1n) is 8.78. The van der Waals surface area contributed by atoms with Gasteiger partial charge < -0.3 is 15.6 Å². The summed E-state index contributed by atoms with van der Waals surface area (Å²) in [5.74, 6) is 0.366. The number of carbonyl (C=O) groups is 1. The van der Waals surface area contributed by atoms with E-state index in [1.807, 2.05) is 48.7 Å². The van der Waals surface area contributed by atoms with E-state index < -0.39 is 0 Å². The van der Waals surface area contributed by atoms with E-state index in [4.69, 9.17) is 0 Å². The highest BCUT2D eigenvalue weighted by Gasteiger charge is 2.08. The molecule has 0 bridgehead atoms. The van der Waals surface area contributed by atoms with Crippen LogP contribution in [0.25, 0.3) is 10.9 Å². The van der Waals surface area contributed by atoms with Gasteiger partial charge in [-0.05, 0) is 42.3 Å². The van der Waals surface area contributed by atoms with Crippen molar-refractivity contribution in [1.82, 2.24) is 15.2 Å². The summed E-state index contributed by atoms with van der Waals surface area (Å²) >= 11 is 0. The number of aromatic amines is 1. The number of carbonyl (C=O) groups excluding carboxylic acids is 1. The normalized spacial score (nSPS) is 10.7. The lowest BCUT2D eigenvalue weighted by Gasteiger charge is -2.06. The van der Waals surface area contributed by atoms with E-state index in [-0.39, 0.29) is 11.6 Å². The molecule has 4 aromatic rings. The topological polar surface area (TPSA) is 82.7 Å². The van der Waals surface area contributed by atoms with E-state index in [9.17, 15) is 4.79 Å². The summed E-state index contributed by atoms with van der Waals surface area (Å²) in [5, 5.41) is 15.4. The Kier molecular flexibility index (Phi) is 4.78. The lowest BCUT2D eigenvalue weighted by atomic mass is 10.1. The van der Waals surface area contributed by atoms with Crippen molar-refractivity contribution in [3.63, 3.8) is 0 Å². The third-order valence-corrected chi connectivity index (χ3v) is 4.30. The van der Waals surface area contributed by atoms with Crippen LogP contribution in [0.1, 0.15) is 16.1 Å². The number of nitrogens with one attached hydrogen (secondary N) is 3. The van der Waals surface area contributed by atoms with Crippen LogP contribution in [0.4, 0.5) is 11.5 Å². The maximum absolute atomic E-state index is 12.2. The van der Waals surface area contributed by atoms with Crippen molar-refractivity contribution in [2.75, 3.05) is 17.2 Å². The fourth-order valence-corrected chi connectivity index (χ4v) is 2.93. The molecule has 3 N–H and O–H groups in total. The largest absolute Gasteiger partial charge is 0.368 e. The van der Waals surface area contributed by atoms with Gasteiger partial charge in [-0.15, -0.1) is 10.2 Å². The Bertz CT molecular complexity index is 1040. The van der Waals surface area contributed by atoms with Crippen molar-refractivity contribution in [2.24, 2.45) is 0 Å². The average Bonchev–Trinajstić information content (AvgIpc) is 3.12. The molecule has 2 aromatic carbocycles. The maximum Gasteiger partial charge on any atom is 0.276 e. The van der Waals surface area contributed by atoms with E-state index in [1.165, 1.54) is 10.9 Å². The standard InChI is InChI=1S/C21H19N5O/c27-21(24-16-6-2-1-3-7-16)19-10-11-20(26-25-19)22-13-12-15-14-23-18-9-5-4-8-17(15)18/h1-11,14,23H,12-13H2,(H,22,26)(H,24,27). The molecule has 0 unspecified atom stereocenters. The second-order valence-electron chi connectivity index (χ2n) is 6.16. The molecule has 0 aliphatic rings. The van der Waals surface area contributed by atoms with Crippen molar-refractivity contribution < 1.29 is 4.79 Å². The van der Waals surface area contributed by atoms with E-state index >= 15 is 0 Å². The first-order chi connectivity index (χ1) is 13.3. The molecule has 0 fully saturated rings. The van der Waals surface area contributed by atoms with E-state index in [0.717, 1.165) is 24.2 Å². The highest BCUT2D eigenvalue weighted by Crippen LogP contribution is 2.18. The zero-order valence-electron chi connectivity index (χ0n) is 14.6. The molecule has 0 radical (unpaired) electrons. The molecule has 6 heteroatoms. The fourth-order valence-electron chi connectivity index (χ4n) is 2.93. The Morgan fingerprint density at radius 2 is 1.74 bits per heavy atom. The number of rotatable bonds is 6. The molecule has 4 rings (SSSR count). The molecule has 6 nitrogen and oxygen atoms in total. The zero-order valence-corrected chi connectivity index (χ0v) is 14.6. The molecule has 134 valence electrons. The number of aromatic nitrogens is 3. The third kappa shape index (κ3) is 3.95. The first-order valence-corrected chi connectivity index (χ1v) is 8.78. The highest BCUT2D eigenvalue weighted by atomic mass is 16.1. The Morgan fingerprint density at radius 3 is 2.56 bits per heavy atom. The molecule has 0 spiro atoms. The summed E-state index contributed by atoms with van der Waals surface area (Å²) in [6.45, 7) is 0.728. The molecule has 0 aliphatic carbocycles. The monoisotopic (exact) mass is 357 g/mol.